The zero-order chi connectivity index (χ0) is 49.2. The number of esters is 2. The van der Waals surface area contributed by atoms with Gasteiger partial charge in [0.25, 0.3) is 0 Å². The van der Waals surface area contributed by atoms with E-state index in [9.17, 15) is 34.2 Å². The summed E-state index contributed by atoms with van der Waals surface area (Å²) in [7, 11) is 4.08. The molecule has 0 radical (unpaired) electrons. The standard InChI is InChI=1S/C54H81ClN2O9/c1-33(2)44-37(58)28-54(41(66-43(60)30-49(5,6)47(63)64)32-57(27-26-56(12)13)31-34-14-16-35(55)17-15-34)25-24-52(10)36(45(44)54)18-19-39-51(9)22-21-40(65-42(59)29-48(3,4)46(61)62)50(7,8)38(51)20-23-53(39,52)11/h14-17,33,36,38-41H,18-32H2,1-13H3,(H,61,62)(H,63,64)/t36-,38+,39-,40+,41-,51+,52-,53-,54-/m1/s1. The lowest BCUT2D eigenvalue weighted by atomic mass is 9.33. The summed E-state index contributed by atoms with van der Waals surface area (Å²) in [5, 5.41) is 20.4. The van der Waals surface area contributed by atoms with Gasteiger partial charge in [0.2, 0.25) is 0 Å². The smallest absolute Gasteiger partial charge is 0.309 e. The van der Waals surface area contributed by atoms with E-state index in [1.807, 2.05) is 38.4 Å². The molecule has 0 heterocycles. The van der Waals surface area contributed by atoms with Crippen molar-refractivity contribution in [3.8, 4) is 0 Å². The molecule has 1 aromatic carbocycles. The molecule has 0 bridgehead atoms. The highest BCUT2D eigenvalue weighted by atomic mass is 35.5. The second-order valence-electron chi connectivity index (χ2n) is 24.6. The van der Waals surface area contributed by atoms with Gasteiger partial charge < -0.3 is 24.6 Å². The summed E-state index contributed by atoms with van der Waals surface area (Å²) in [6.07, 6.45) is 5.84. The first-order chi connectivity index (χ1) is 30.4. The minimum atomic E-state index is -1.33. The van der Waals surface area contributed by atoms with Crippen LogP contribution >= 0.6 is 11.6 Å². The van der Waals surface area contributed by atoms with E-state index < -0.39 is 46.2 Å². The molecule has 0 spiro atoms. The molecule has 0 amide bonds. The predicted molar refractivity (Wildman–Crippen MR) is 257 cm³/mol. The maximum absolute atomic E-state index is 14.8. The minimum Gasteiger partial charge on any atom is -0.481 e. The Morgan fingerprint density at radius 2 is 1.39 bits per heavy atom. The lowest BCUT2D eigenvalue weighted by Gasteiger charge is -2.72. The Labute approximate surface area is 400 Å². The number of ether oxygens (including phenoxy) is 2. The molecule has 4 fully saturated rings. The maximum Gasteiger partial charge on any atom is 0.309 e. The molecule has 0 aromatic heterocycles. The number of halogens is 1. The molecule has 0 unspecified atom stereocenters. The SMILES string of the molecule is CC(C)C1=C2[C@H]3CC[C@@H]4[C@@]5(C)CC[C@H](OC(=O)CC(C)(C)C(=O)O)C(C)(C)[C@@H]5CC[C@@]4(C)[C@]3(C)CC[C@]2([C@@H](CN(CCN(C)C)Cc2ccc(Cl)cc2)OC(=O)CC(C)(C)C(=O)O)CC1=O. The van der Waals surface area contributed by atoms with Crippen LogP contribution in [0.15, 0.2) is 35.4 Å². The molecule has 4 saturated carbocycles. The summed E-state index contributed by atoms with van der Waals surface area (Å²) in [4.78, 5) is 71.0. The minimum absolute atomic E-state index is 0.0309. The number of allylic oxidation sites excluding steroid dienone is 1. The average molecular weight is 938 g/mol. The van der Waals surface area contributed by atoms with Gasteiger partial charge in [-0.25, -0.2) is 0 Å². The lowest BCUT2D eigenvalue weighted by molar-refractivity contribution is -0.235. The van der Waals surface area contributed by atoms with Crippen LogP contribution in [0.25, 0.3) is 0 Å². The molecule has 5 aliphatic carbocycles. The molecule has 9 atom stereocenters. The van der Waals surface area contributed by atoms with Crippen LogP contribution in [0.2, 0.25) is 5.02 Å². The number of fused-ring (bicyclic) bond motifs is 7. The van der Waals surface area contributed by atoms with Crippen LogP contribution in [0.5, 0.6) is 0 Å². The van der Waals surface area contributed by atoms with Gasteiger partial charge in [0.1, 0.15) is 12.2 Å². The van der Waals surface area contributed by atoms with E-state index in [4.69, 9.17) is 21.1 Å². The van der Waals surface area contributed by atoms with Gasteiger partial charge in [-0.3, -0.25) is 28.9 Å². The summed E-state index contributed by atoms with van der Waals surface area (Å²) < 4.78 is 13.0. The van der Waals surface area contributed by atoms with Gasteiger partial charge in [0.15, 0.2) is 5.78 Å². The number of rotatable bonds is 17. The van der Waals surface area contributed by atoms with Crippen molar-refractivity contribution in [2.75, 3.05) is 33.7 Å². The van der Waals surface area contributed by atoms with Gasteiger partial charge >= 0.3 is 23.9 Å². The lowest BCUT2D eigenvalue weighted by Crippen LogP contribution is -2.66. The number of aliphatic carboxylic acids is 2. The Bertz CT molecular complexity index is 2080. The molecular weight excluding hydrogens is 856 g/mol. The molecule has 2 N–H and O–H groups in total. The molecule has 5 aliphatic rings. The second kappa shape index (κ2) is 18.6. The number of hydrogen-bond acceptors (Lipinski definition) is 9. The highest BCUT2D eigenvalue weighted by Crippen LogP contribution is 2.77. The number of carbonyl (C=O) groups excluding carboxylic acids is 3. The first-order valence-corrected chi connectivity index (χ1v) is 25.1. The van der Waals surface area contributed by atoms with E-state index in [1.165, 1.54) is 5.57 Å². The highest BCUT2D eigenvalue weighted by Gasteiger charge is 2.71. The molecule has 0 aliphatic heterocycles. The third-order valence-electron chi connectivity index (χ3n) is 18.5. The van der Waals surface area contributed by atoms with E-state index in [-0.39, 0.29) is 70.6 Å². The van der Waals surface area contributed by atoms with Gasteiger partial charge in [-0.15, -0.1) is 0 Å². The van der Waals surface area contributed by atoms with E-state index in [0.29, 0.717) is 37.0 Å². The first-order valence-electron chi connectivity index (χ1n) is 24.7. The summed E-state index contributed by atoms with van der Waals surface area (Å²) in [5.74, 6) is -2.24. The number of Topliss-reactive ketones (excluding diaryl/α,β-unsaturated/α-hetero) is 1. The fourth-order valence-electron chi connectivity index (χ4n) is 14.5. The van der Waals surface area contributed by atoms with E-state index in [1.54, 1.807) is 27.7 Å². The Kier molecular flexibility index (Phi) is 14.7. The van der Waals surface area contributed by atoms with Crippen molar-refractivity contribution in [2.45, 2.75) is 166 Å². The number of carboxylic acid groups (broad SMARTS) is 2. The van der Waals surface area contributed by atoms with E-state index in [0.717, 1.165) is 62.6 Å². The third kappa shape index (κ3) is 9.41. The van der Waals surface area contributed by atoms with Crippen LogP contribution in [0.1, 0.15) is 152 Å². The molecule has 0 saturated heterocycles. The zero-order valence-electron chi connectivity index (χ0n) is 42.4. The maximum atomic E-state index is 14.8. The number of likely N-dealkylation sites (N-methyl/N-ethyl adjacent to an activating group) is 1. The monoisotopic (exact) mass is 937 g/mol. The van der Waals surface area contributed by atoms with Crippen LogP contribution in [0.4, 0.5) is 0 Å². The van der Waals surface area contributed by atoms with Gasteiger partial charge in [-0.2, -0.15) is 0 Å². The van der Waals surface area contributed by atoms with Crippen molar-refractivity contribution in [3.63, 3.8) is 0 Å². The number of benzene rings is 1. The Hall–Kier alpha value is -3.28. The number of carbonyl (C=O) groups is 5. The summed E-state index contributed by atoms with van der Waals surface area (Å²) in [5.41, 5.74) is -0.739. The first kappa shape index (κ1) is 52.1. The largest absolute Gasteiger partial charge is 0.481 e. The van der Waals surface area contributed by atoms with Crippen LogP contribution < -0.4 is 0 Å². The van der Waals surface area contributed by atoms with Crippen LogP contribution in [-0.2, 0) is 40.0 Å². The Morgan fingerprint density at radius 3 is 1.97 bits per heavy atom. The Balaban J connectivity index is 1.38. The molecule has 66 heavy (non-hydrogen) atoms. The van der Waals surface area contributed by atoms with Crippen molar-refractivity contribution in [2.24, 2.45) is 61.6 Å². The quantitative estimate of drug-likeness (QED) is 0.144. The fraction of sp³-hybridized carbons (Fsp3) is 0.759. The normalized spacial score (nSPS) is 32.3. The van der Waals surface area contributed by atoms with E-state index >= 15 is 0 Å². The van der Waals surface area contributed by atoms with Gasteiger partial charge in [0, 0.05) is 48.5 Å². The van der Waals surface area contributed by atoms with Crippen molar-refractivity contribution in [1.29, 1.82) is 0 Å². The van der Waals surface area contributed by atoms with Gasteiger partial charge in [-0.1, -0.05) is 72.2 Å². The summed E-state index contributed by atoms with van der Waals surface area (Å²) in [6, 6.07) is 7.81. The zero-order valence-corrected chi connectivity index (χ0v) is 43.2. The summed E-state index contributed by atoms with van der Waals surface area (Å²) >= 11 is 6.31. The van der Waals surface area contributed by atoms with Crippen LogP contribution in [0, 0.1) is 61.6 Å². The summed E-state index contributed by atoms with van der Waals surface area (Å²) in [6.45, 7) is 24.9. The highest BCUT2D eigenvalue weighted by molar-refractivity contribution is 6.30. The fourth-order valence-corrected chi connectivity index (χ4v) is 14.6. The molecule has 1 aromatic rings. The number of nitrogens with zero attached hydrogens (tertiary/aromatic N) is 2. The van der Waals surface area contributed by atoms with E-state index in [2.05, 4.69) is 58.3 Å². The molecule has 6 rings (SSSR count). The van der Waals surface area contributed by atoms with Gasteiger partial charge in [-0.05, 0) is 162 Å². The van der Waals surface area contributed by atoms with Gasteiger partial charge in [0.05, 0.1) is 23.7 Å². The molecule has 12 heteroatoms. The number of carboxylic acids is 2. The second-order valence-corrected chi connectivity index (χ2v) is 25.0. The average Bonchev–Trinajstić information content (AvgIpc) is 3.51. The van der Waals surface area contributed by atoms with Crippen molar-refractivity contribution >= 4 is 41.3 Å². The van der Waals surface area contributed by atoms with Crippen molar-refractivity contribution in [1.82, 2.24) is 9.80 Å². The topological polar surface area (TPSA) is 151 Å². The number of hydrogen-bond donors (Lipinski definition) is 2. The molecular formula is C54H81ClN2O9. The third-order valence-corrected chi connectivity index (χ3v) is 18.8. The van der Waals surface area contributed by atoms with Crippen molar-refractivity contribution < 1.29 is 43.7 Å². The van der Waals surface area contributed by atoms with Crippen molar-refractivity contribution in [3.05, 3.63) is 46.0 Å². The van der Waals surface area contributed by atoms with Crippen LogP contribution in [-0.4, -0.2) is 95.6 Å². The number of ketones is 1. The van der Waals surface area contributed by atoms with Crippen LogP contribution in [0.3, 0.4) is 0 Å². The Morgan fingerprint density at radius 1 is 0.788 bits per heavy atom. The predicted octanol–water partition coefficient (Wildman–Crippen LogP) is 10.5. The molecule has 368 valence electrons. The molecule has 11 nitrogen and oxygen atoms in total.